The Morgan fingerprint density at radius 3 is 2.68 bits per heavy atom. The van der Waals surface area contributed by atoms with E-state index in [4.69, 9.17) is 0 Å². The predicted molar refractivity (Wildman–Crippen MR) is 83.7 cm³/mol. The summed E-state index contributed by atoms with van der Waals surface area (Å²) in [4.78, 5) is 22.7. The lowest BCUT2D eigenvalue weighted by Gasteiger charge is -2.28. The van der Waals surface area contributed by atoms with Crippen LogP contribution in [0.4, 0.5) is 11.4 Å². The third-order valence-corrected chi connectivity index (χ3v) is 4.73. The first-order chi connectivity index (χ1) is 10.5. The second kappa shape index (κ2) is 6.04. The molecule has 2 heterocycles. The number of fused-ring (bicyclic) bond motifs is 2. The average Bonchev–Trinajstić information content (AvgIpc) is 2.79. The van der Waals surface area contributed by atoms with Gasteiger partial charge in [0.15, 0.2) is 0 Å². The molecule has 22 heavy (non-hydrogen) atoms. The lowest BCUT2D eigenvalue weighted by molar-refractivity contribution is -0.385. The van der Waals surface area contributed by atoms with Gasteiger partial charge in [-0.15, -0.1) is 0 Å². The first-order valence-electron chi connectivity index (χ1n) is 7.82. The van der Waals surface area contributed by atoms with E-state index in [1.54, 1.807) is 19.1 Å². The molecule has 2 aliphatic rings. The minimum atomic E-state index is -0.421. The first-order valence-corrected chi connectivity index (χ1v) is 7.82. The summed E-state index contributed by atoms with van der Waals surface area (Å²) in [5.41, 5.74) is 1.13. The molecule has 0 saturated carbocycles. The minimum Gasteiger partial charge on any atom is -0.326 e. The molecule has 0 radical (unpaired) electrons. The number of nitrogens with one attached hydrogen (secondary N) is 2. The molecule has 2 unspecified atom stereocenters. The van der Waals surface area contributed by atoms with Gasteiger partial charge in [-0.1, -0.05) is 6.07 Å². The number of carbonyl (C=O) groups excluding carboxylic acids is 1. The highest BCUT2D eigenvalue weighted by atomic mass is 16.6. The second-order valence-electron chi connectivity index (χ2n) is 6.49. The molecule has 0 spiro atoms. The van der Waals surface area contributed by atoms with Crippen molar-refractivity contribution in [2.45, 2.75) is 51.1 Å². The van der Waals surface area contributed by atoms with Gasteiger partial charge in [0.05, 0.1) is 4.92 Å². The number of piperidine rings is 1. The van der Waals surface area contributed by atoms with Gasteiger partial charge in [0.2, 0.25) is 5.91 Å². The van der Waals surface area contributed by atoms with E-state index < -0.39 is 4.92 Å². The number of hydrogen-bond acceptors (Lipinski definition) is 4. The number of hydrogen-bond donors (Lipinski definition) is 2. The summed E-state index contributed by atoms with van der Waals surface area (Å²) in [7, 11) is 0. The Kier molecular flexibility index (Phi) is 4.11. The summed E-state index contributed by atoms with van der Waals surface area (Å²) in [5, 5.41) is 17.3. The van der Waals surface area contributed by atoms with Crippen LogP contribution >= 0.6 is 0 Å². The largest absolute Gasteiger partial charge is 0.326 e. The van der Waals surface area contributed by atoms with Crippen LogP contribution < -0.4 is 10.6 Å². The lowest BCUT2D eigenvalue weighted by atomic mass is 9.89. The molecule has 2 aliphatic heterocycles. The molecule has 3 rings (SSSR count). The summed E-state index contributed by atoms with van der Waals surface area (Å²) in [5.74, 6) is 0.364. The van der Waals surface area contributed by atoms with E-state index in [0.717, 1.165) is 12.8 Å². The molecule has 118 valence electrons. The van der Waals surface area contributed by atoms with E-state index in [1.807, 2.05) is 0 Å². The van der Waals surface area contributed by atoms with E-state index in [0.29, 0.717) is 35.7 Å². The van der Waals surface area contributed by atoms with Gasteiger partial charge in [-0.05, 0) is 44.6 Å². The van der Waals surface area contributed by atoms with Gasteiger partial charge in [0.1, 0.15) is 0 Å². The van der Waals surface area contributed by atoms with Crippen molar-refractivity contribution < 1.29 is 9.72 Å². The van der Waals surface area contributed by atoms with Gasteiger partial charge in [-0.25, -0.2) is 0 Å². The van der Waals surface area contributed by atoms with E-state index >= 15 is 0 Å². The molecule has 2 N–H and O–H groups in total. The van der Waals surface area contributed by atoms with E-state index in [-0.39, 0.29) is 11.6 Å². The molecule has 2 saturated heterocycles. The molecule has 0 aliphatic carbocycles. The Balaban J connectivity index is 1.60. The molecule has 6 nitrogen and oxygen atoms in total. The number of aryl methyl sites for hydroxylation is 1. The van der Waals surface area contributed by atoms with Crippen molar-refractivity contribution in [2.75, 3.05) is 5.32 Å². The van der Waals surface area contributed by atoms with Crippen LogP contribution in [-0.4, -0.2) is 22.9 Å². The highest BCUT2D eigenvalue weighted by Gasteiger charge is 2.34. The predicted octanol–water partition coefficient (Wildman–Crippen LogP) is 2.76. The van der Waals surface area contributed by atoms with Crippen molar-refractivity contribution in [3.05, 3.63) is 33.9 Å². The van der Waals surface area contributed by atoms with Crippen molar-refractivity contribution in [2.24, 2.45) is 5.92 Å². The summed E-state index contributed by atoms with van der Waals surface area (Å²) >= 11 is 0. The summed E-state index contributed by atoms with van der Waals surface area (Å²) in [6.45, 7) is 1.69. The smallest absolute Gasteiger partial charge is 0.274 e. The molecular formula is C16H21N3O3. The van der Waals surface area contributed by atoms with E-state index in [9.17, 15) is 14.9 Å². The van der Waals surface area contributed by atoms with Crippen molar-refractivity contribution >= 4 is 17.3 Å². The van der Waals surface area contributed by atoms with Gasteiger partial charge in [-0.2, -0.15) is 0 Å². The lowest BCUT2D eigenvalue weighted by Crippen LogP contribution is -2.39. The van der Waals surface area contributed by atoms with Gasteiger partial charge in [-0.3, -0.25) is 14.9 Å². The Morgan fingerprint density at radius 1 is 1.36 bits per heavy atom. The zero-order chi connectivity index (χ0) is 15.7. The van der Waals surface area contributed by atoms with Crippen LogP contribution in [0.2, 0.25) is 0 Å². The van der Waals surface area contributed by atoms with Crippen LogP contribution in [0.25, 0.3) is 0 Å². The molecule has 1 aromatic carbocycles. The number of amides is 1. The number of rotatable bonds is 4. The maximum Gasteiger partial charge on any atom is 0.274 e. The Bertz CT molecular complexity index is 590. The Labute approximate surface area is 129 Å². The SMILES string of the molecule is Cc1ccc(NC(=O)CC2CC3CCC(C2)N3)cc1[N+](=O)[O-]. The highest BCUT2D eigenvalue weighted by molar-refractivity contribution is 5.91. The third kappa shape index (κ3) is 3.27. The van der Waals surface area contributed by atoms with Gasteiger partial charge < -0.3 is 10.6 Å². The fraction of sp³-hybridized carbons (Fsp3) is 0.562. The number of carbonyl (C=O) groups is 1. The van der Waals surface area contributed by atoms with Crippen LogP contribution in [0.5, 0.6) is 0 Å². The molecule has 2 bridgehead atoms. The topological polar surface area (TPSA) is 84.3 Å². The average molecular weight is 303 g/mol. The summed E-state index contributed by atoms with van der Waals surface area (Å²) < 4.78 is 0. The molecule has 2 fully saturated rings. The molecule has 1 amide bonds. The number of nitro benzene ring substituents is 1. The van der Waals surface area contributed by atoms with Crippen molar-refractivity contribution in [3.8, 4) is 0 Å². The maximum absolute atomic E-state index is 12.2. The van der Waals surface area contributed by atoms with Gasteiger partial charge in [0.25, 0.3) is 5.69 Å². The maximum atomic E-state index is 12.2. The van der Waals surface area contributed by atoms with Crippen molar-refractivity contribution in [1.29, 1.82) is 0 Å². The first kappa shape index (κ1) is 15.0. The zero-order valence-corrected chi connectivity index (χ0v) is 12.7. The van der Waals surface area contributed by atoms with Crippen molar-refractivity contribution in [1.82, 2.24) is 5.32 Å². The van der Waals surface area contributed by atoms with Gasteiger partial charge in [0, 0.05) is 35.8 Å². The molecule has 2 atom stereocenters. The molecule has 0 aromatic heterocycles. The van der Waals surface area contributed by atoms with E-state index in [1.165, 1.54) is 18.9 Å². The van der Waals surface area contributed by atoms with Crippen LogP contribution in [-0.2, 0) is 4.79 Å². The minimum absolute atomic E-state index is 0.0395. The zero-order valence-electron chi connectivity index (χ0n) is 12.7. The van der Waals surface area contributed by atoms with Crippen LogP contribution in [0, 0.1) is 23.0 Å². The summed E-state index contributed by atoms with van der Waals surface area (Å²) in [6, 6.07) is 5.94. The third-order valence-electron chi connectivity index (χ3n) is 4.73. The molecule has 6 heteroatoms. The summed E-state index contributed by atoms with van der Waals surface area (Å²) in [6.07, 6.45) is 5.03. The monoisotopic (exact) mass is 303 g/mol. The van der Waals surface area contributed by atoms with Crippen LogP contribution in [0.1, 0.15) is 37.7 Å². The van der Waals surface area contributed by atoms with E-state index in [2.05, 4.69) is 10.6 Å². The van der Waals surface area contributed by atoms with Crippen LogP contribution in [0.3, 0.4) is 0 Å². The molecule has 1 aromatic rings. The number of anilines is 1. The molecular weight excluding hydrogens is 282 g/mol. The fourth-order valence-corrected chi connectivity index (χ4v) is 3.70. The van der Waals surface area contributed by atoms with Crippen LogP contribution in [0.15, 0.2) is 18.2 Å². The number of nitrogens with zero attached hydrogens (tertiary/aromatic N) is 1. The fourth-order valence-electron chi connectivity index (χ4n) is 3.70. The number of benzene rings is 1. The second-order valence-corrected chi connectivity index (χ2v) is 6.49. The highest BCUT2D eigenvalue weighted by Crippen LogP contribution is 2.33. The standard InChI is InChI=1S/C16H21N3O3/c1-10-2-3-14(9-15(10)19(21)22)18-16(20)8-11-6-12-4-5-13(7-11)17-12/h2-3,9,11-13,17H,4-8H2,1H3,(H,18,20). The Hall–Kier alpha value is -1.95. The Morgan fingerprint density at radius 2 is 2.05 bits per heavy atom. The number of nitro groups is 1. The quantitative estimate of drug-likeness (QED) is 0.661. The van der Waals surface area contributed by atoms with Crippen molar-refractivity contribution in [3.63, 3.8) is 0 Å². The normalized spacial score (nSPS) is 26.7. The van der Waals surface area contributed by atoms with Gasteiger partial charge >= 0.3 is 0 Å².